The Bertz CT molecular complexity index is 678. The van der Waals surface area contributed by atoms with E-state index in [1.807, 2.05) is 38.1 Å². The molecule has 18 heavy (non-hydrogen) atoms. The van der Waals surface area contributed by atoms with Gasteiger partial charge in [0.05, 0.1) is 18.2 Å². The molecule has 2 aromatic rings. The quantitative estimate of drug-likeness (QED) is 0.806. The van der Waals surface area contributed by atoms with Crippen LogP contribution >= 0.6 is 0 Å². The van der Waals surface area contributed by atoms with E-state index in [1.54, 1.807) is 16.8 Å². The van der Waals surface area contributed by atoms with Gasteiger partial charge in [-0.05, 0) is 43.2 Å². The minimum atomic E-state index is 0.0289. The third-order valence-electron chi connectivity index (χ3n) is 3.02. The van der Waals surface area contributed by atoms with Crippen molar-refractivity contribution in [3.8, 4) is 6.07 Å². The first kappa shape index (κ1) is 12.1. The highest BCUT2D eigenvalue weighted by molar-refractivity contribution is 5.37. The number of benzene rings is 1. The van der Waals surface area contributed by atoms with Crippen molar-refractivity contribution in [3.05, 3.63) is 69.1 Å². The van der Waals surface area contributed by atoms with E-state index in [-0.39, 0.29) is 5.56 Å². The van der Waals surface area contributed by atoms with Gasteiger partial charge in [-0.1, -0.05) is 12.1 Å². The number of hydrogen-bond acceptors (Lipinski definition) is 2. The Balaban J connectivity index is 2.38. The largest absolute Gasteiger partial charge is 0.311 e. The molecular formula is C15H14N2O. The number of hydrogen-bond donors (Lipinski definition) is 0. The third-order valence-corrected chi connectivity index (χ3v) is 3.02. The van der Waals surface area contributed by atoms with Crippen molar-refractivity contribution in [1.82, 2.24) is 4.57 Å². The van der Waals surface area contributed by atoms with Gasteiger partial charge in [-0.2, -0.15) is 5.26 Å². The summed E-state index contributed by atoms with van der Waals surface area (Å²) in [5.41, 5.74) is 3.50. The predicted molar refractivity (Wildman–Crippen MR) is 70.4 cm³/mol. The van der Waals surface area contributed by atoms with E-state index in [0.717, 1.165) is 16.7 Å². The molecule has 0 aliphatic heterocycles. The lowest BCUT2D eigenvalue weighted by molar-refractivity contribution is 0.748. The lowest BCUT2D eigenvalue weighted by Crippen LogP contribution is -2.21. The smallest absolute Gasteiger partial charge is 0.253 e. The van der Waals surface area contributed by atoms with Crippen molar-refractivity contribution in [1.29, 1.82) is 5.26 Å². The summed E-state index contributed by atoms with van der Waals surface area (Å²) in [4.78, 5) is 11.9. The number of nitriles is 1. The van der Waals surface area contributed by atoms with Gasteiger partial charge >= 0.3 is 0 Å². The van der Waals surface area contributed by atoms with Gasteiger partial charge in [-0.15, -0.1) is 0 Å². The Morgan fingerprint density at radius 1 is 1.22 bits per heavy atom. The number of aromatic nitrogens is 1. The minimum Gasteiger partial charge on any atom is -0.311 e. The molecule has 90 valence electrons. The molecule has 0 radical (unpaired) electrons. The highest BCUT2D eigenvalue weighted by atomic mass is 16.1. The summed E-state index contributed by atoms with van der Waals surface area (Å²) in [5, 5.41) is 8.82. The molecule has 2 rings (SSSR count). The molecule has 3 nitrogen and oxygen atoms in total. The molecule has 0 bridgehead atoms. The van der Waals surface area contributed by atoms with Crippen LogP contribution in [-0.2, 0) is 6.54 Å². The maximum Gasteiger partial charge on any atom is 0.253 e. The summed E-state index contributed by atoms with van der Waals surface area (Å²) >= 11 is 0. The van der Waals surface area contributed by atoms with E-state index >= 15 is 0 Å². The van der Waals surface area contributed by atoms with Crippen LogP contribution in [0.5, 0.6) is 0 Å². The van der Waals surface area contributed by atoms with Gasteiger partial charge in [0, 0.05) is 11.8 Å². The van der Waals surface area contributed by atoms with E-state index in [0.29, 0.717) is 12.1 Å². The monoisotopic (exact) mass is 238 g/mol. The maximum absolute atomic E-state index is 11.9. The molecule has 0 saturated heterocycles. The number of nitrogens with zero attached hydrogens (tertiary/aromatic N) is 2. The molecule has 0 spiro atoms. The van der Waals surface area contributed by atoms with Crippen LogP contribution in [0, 0.1) is 25.2 Å². The van der Waals surface area contributed by atoms with Crippen molar-refractivity contribution >= 4 is 0 Å². The fourth-order valence-electron chi connectivity index (χ4n) is 1.91. The molecule has 0 N–H and O–H groups in total. The topological polar surface area (TPSA) is 45.8 Å². The number of rotatable bonds is 2. The van der Waals surface area contributed by atoms with E-state index in [2.05, 4.69) is 6.07 Å². The van der Waals surface area contributed by atoms with Crippen LogP contribution in [0.15, 0.2) is 41.3 Å². The summed E-state index contributed by atoms with van der Waals surface area (Å²) in [6.45, 7) is 4.31. The second-order valence-electron chi connectivity index (χ2n) is 4.38. The van der Waals surface area contributed by atoms with E-state index < -0.39 is 0 Å². The zero-order chi connectivity index (χ0) is 13.1. The Morgan fingerprint density at radius 2 is 2.00 bits per heavy atom. The number of pyridine rings is 1. The second-order valence-corrected chi connectivity index (χ2v) is 4.38. The van der Waals surface area contributed by atoms with Crippen LogP contribution in [0.3, 0.4) is 0 Å². The van der Waals surface area contributed by atoms with Crippen LogP contribution in [0.2, 0.25) is 0 Å². The Kier molecular flexibility index (Phi) is 3.29. The van der Waals surface area contributed by atoms with Gasteiger partial charge in [0.1, 0.15) is 0 Å². The average molecular weight is 238 g/mol. The van der Waals surface area contributed by atoms with Crippen LogP contribution in [0.1, 0.15) is 22.3 Å². The fourth-order valence-corrected chi connectivity index (χ4v) is 1.91. The van der Waals surface area contributed by atoms with E-state index in [1.165, 1.54) is 0 Å². The van der Waals surface area contributed by atoms with Crippen LogP contribution in [0.4, 0.5) is 0 Å². The van der Waals surface area contributed by atoms with Gasteiger partial charge in [0.15, 0.2) is 0 Å². The molecular weight excluding hydrogens is 224 g/mol. The predicted octanol–water partition coefficient (Wildman–Crippen LogP) is 2.39. The molecule has 0 fully saturated rings. The first-order chi connectivity index (χ1) is 8.61. The molecule has 0 atom stereocenters. The zero-order valence-corrected chi connectivity index (χ0v) is 10.5. The van der Waals surface area contributed by atoms with Crippen LogP contribution in [-0.4, -0.2) is 4.57 Å². The third kappa shape index (κ3) is 2.33. The highest BCUT2D eigenvalue weighted by Gasteiger charge is 2.03. The molecule has 0 unspecified atom stereocenters. The summed E-state index contributed by atoms with van der Waals surface area (Å²) in [6, 6.07) is 11.3. The standard InChI is InChI=1S/C15H14N2O/c1-11-4-3-7-17(15(11)18)10-14-6-5-13(9-16)8-12(14)2/h3-8H,10H2,1-2H3. The van der Waals surface area contributed by atoms with Crippen LogP contribution < -0.4 is 5.56 Å². The van der Waals surface area contributed by atoms with Gasteiger partial charge in [-0.25, -0.2) is 0 Å². The van der Waals surface area contributed by atoms with Crippen molar-refractivity contribution in [2.45, 2.75) is 20.4 Å². The van der Waals surface area contributed by atoms with E-state index in [9.17, 15) is 4.79 Å². The van der Waals surface area contributed by atoms with Gasteiger partial charge < -0.3 is 4.57 Å². The lowest BCUT2D eigenvalue weighted by Gasteiger charge is -2.09. The molecule has 1 aromatic carbocycles. The molecule has 1 aromatic heterocycles. The lowest BCUT2D eigenvalue weighted by atomic mass is 10.1. The molecule has 0 amide bonds. The first-order valence-corrected chi connectivity index (χ1v) is 5.77. The van der Waals surface area contributed by atoms with E-state index in [4.69, 9.17) is 5.26 Å². The zero-order valence-electron chi connectivity index (χ0n) is 10.5. The average Bonchev–Trinajstić information content (AvgIpc) is 2.37. The normalized spacial score (nSPS) is 10.1. The molecule has 0 aliphatic rings. The van der Waals surface area contributed by atoms with Crippen molar-refractivity contribution in [2.24, 2.45) is 0 Å². The molecule has 0 saturated carbocycles. The first-order valence-electron chi connectivity index (χ1n) is 5.77. The van der Waals surface area contributed by atoms with Gasteiger partial charge in [-0.3, -0.25) is 4.79 Å². The van der Waals surface area contributed by atoms with Crippen LogP contribution in [0.25, 0.3) is 0 Å². The Labute approximate surface area is 106 Å². The molecule has 1 heterocycles. The second kappa shape index (κ2) is 4.89. The summed E-state index contributed by atoms with van der Waals surface area (Å²) < 4.78 is 1.68. The Morgan fingerprint density at radius 3 is 2.67 bits per heavy atom. The summed E-state index contributed by atoms with van der Waals surface area (Å²) in [6.07, 6.45) is 1.78. The van der Waals surface area contributed by atoms with Crippen molar-refractivity contribution in [2.75, 3.05) is 0 Å². The summed E-state index contributed by atoms with van der Waals surface area (Å²) in [5.74, 6) is 0. The molecule has 3 heteroatoms. The van der Waals surface area contributed by atoms with Gasteiger partial charge in [0.25, 0.3) is 5.56 Å². The Hall–Kier alpha value is -2.34. The van der Waals surface area contributed by atoms with Gasteiger partial charge in [0.2, 0.25) is 0 Å². The highest BCUT2D eigenvalue weighted by Crippen LogP contribution is 2.11. The molecule has 0 aliphatic carbocycles. The maximum atomic E-state index is 11.9. The SMILES string of the molecule is Cc1cc(C#N)ccc1Cn1cccc(C)c1=O. The minimum absolute atomic E-state index is 0.0289. The van der Waals surface area contributed by atoms with Crippen molar-refractivity contribution < 1.29 is 0 Å². The summed E-state index contributed by atoms with van der Waals surface area (Å²) in [7, 11) is 0. The fraction of sp³-hybridized carbons (Fsp3) is 0.200. The van der Waals surface area contributed by atoms with Crippen molar-refractivity contribution in [3.63, 3.8) is 0 Å². The number of aryl methyl sites for hydroxylation is 2.